The summed E-state index contributed by atoms with van der Waals surface area (Å²) in [4.78, 5) is 17.9. The molecule has 0 saturated carbocycles. The van der Waals surface area contributed by atoms with Crippen molar-refractivity contribution >= 4 is 44.4 Å². The Morgan fingerprint density at radius 1 is 1.24 bits per heavy atom. The monoisotopic (exact) mass is 573 g/mol. The molecule has 206 valence electrons. The number of aromatic nitrogens is 3. The molecule has 3 heterocycles. The van der Waals surface area contributed by atoms with Crippen LogP contribution in [-0.2, 0) is 19.4 Å². The van der Waals surface area contributed by atoms with Crippen LogP contribution in [0.5, 0.6) is 0 Å². The second-order valence-electron chi connectivity index (χ2n) is 9.24. The summed E-state index contributed by atoms with van der Waals surface area (Å²) in [6.07, 6.45) is -3.57. The first-order chi connectivity index (χ1) is 17.8. The molecular formula is C24H27ClF3N5O4S. The Balaban J connectivity index is 1.59. The average molecular weight is 574 g/mol. The number of ether oxygens (including phenoxy) is 1. The molecule has 0 spiro atoms. The van der Waals surface area contributed by atoms with Gasteiger partial charge in [-0.1, -0.05) is 23.7 Å². The quantitative estimate of drug-likeness (QED) is 0.436. The number of methoxy groups -OCH3 is 1. The average Bonchev–Trinajstić information content (AvgIpc) is 3.23. The number of hydrogen-bond donors (Lipinski definition) is 1. The number of amides is 1. The third kappa shape index (κ3) is 5.89. The van der Waals surface area contributed by atoms with Crippen LogP contribution in [0.25, 0.3) is 5.65 Å². The van der Waals surface area contributed by atoms with Crippen LogP contribution in [0.2, 0.25) is 5.15 Å². The lowest BCUT2D eigenvalue weighted by atomic mass is 9.98. The van der Waals surface area contributed by atoms with Gasteiger partial charge in [-0.2, -0.15) is 18.3 Å². The Hall–Kier alpha value is -2.90. The lowest BCUT2D eigenvalue weighted by molar-refractivity contribution is -0.190. The van der Waals surface area contributed by atoms with E-state index in [4.69, 9.17) is 16.3 Å². The van der Waals surface area contributed by atoms with Crippen molar-refractivity contribution < 1.29 is 31.1 Å². The SMILES string of the molecule is CO[C@@H](C)c1c(Nc2ccc([C@@H](N(C)C(=O)C3CCS(=O)(=O)CC3)C(F)(F)F)cc2)cnc2cc(Cl)nn12. The van der Waals surface area contributed by atoms with E-state index in [-0.39, 0.29) is 35.1 Å². The molecule has 1 aromatic carbocycles. The second-order valence-corrected chi connectivity index (χ2v) is 11.9. The van der Waals surface area contributed by atoms with Crippen LogP contribution in [0.3, 0.4) is 0 Å². The van der Waals surface area contributed by atoms with Crippen molar-refractivity contribution in [3.05, 3.63) is 52.9 Å². The largest absolute Gasteiger partial charge is 0.413 e. The lowest BCUT2D eigenvalue weighted by Crippen LogP contribution is -2.44. The number of carbonyl (C=O) groups is 1. The third-order valence-corrected chi connectivity index (χ3v) is 8.58. The van der Waals surface area contributed by atoms with Gasteiger partial charge in [0.25, 0.3) is 0 Å². The molecule has 1 aliphatic heterocycles. The molecule has 1 saturated heterocycles. The fourth-order valence-electron chi connectivity index (χ4n) is 4.61. The Morgan fingerprint density at radius 3 is 2.45 bits per heavy atom. The lowest BCUT2D eigenvalue weighted by Gasteiger charge is -2.34. The Kier molecular flexibility index (Phi) is 7.91. The number of benzene rings is 1. The van der Waals surface area contributed by atoms with Gasteiger partial charge in [0, 0.05) is 31.8 Å². The summed E-state index contributed by atoms with van der Waals surface area (Å²) in [5, 5.41) is 7.62. The molecule has 4 rings (SSSR count). The second kappa shape index (κ2) is 10.7. The van der Waals surface area contributed by atoms with Crippen molar-refractivity contribution in [2.24, 2.45) is 5.92 Å². The summed E-state index contributed by atoms with van der Waals surface area (Å²) in [7, 11) is -0.621. The van der Waals surface area contributed by atoms with E-state index in [0.29, 0.717) is 27.6 Å². The maximum absolute atomic E-state index is 14.1. The van der Waals surface area contributed by atoms with Crippen LogP contribution in [0.1, 0.15) is 43.2 Å². The van der Waals surface area contributed by atoms with Gasteiger partial charge in [0.1, 0.15) is 9.84 Å². The normalized spacial score (nSPS) is 17.8. The van der Waals surface area contributed by atoms with Crippen LogP contribution >= 0.6 is 11.6 Å². The van der Waals surface area contributed by atoms with E-state index in [0.717, 1.165) is 7.05 Å². The van der Waals surface area contributed by atoms with Gasteiger partial charge in [-0.05, 0) is 37.5 Å². The minimum Gasteiger partial charge on any atom is -0.375 e. The van der Waals surface area contributed by atoms with Gasteiger partial charge in [-0.25, -0.2) is 17.9 Å². The fraction of sp³-hybridized carbons (Fsp3) is 0.458. The third-order valence-electron chi connectivity index (χ3n) is 6.68. The number of fused-ring (bicyclic) bond motifs is 1. The van der Waals surface area contributed by atoms with Crippen molar-refractivity contribution in [1.82, 2.24) is 19.5 Å². The molecule has 9 nitrogen and oxygen atoms in total. The van der Waals surface area contributed by atoms with E-state index >= 15 is 0 Å². The topological polar surface area (TPSA) is 106 Å². The molecule has 1 fully saturated rings. The van der Waals surface area contributed by atoms with Gasteiger partial charge in [-0.3, -0.25) is 4.79 Å². The zero-order valence-corrected chi connectivity index (χ0v) is 22.4. The molecule has 0 radical (unpaired) electrons. The summed E-state index contributed by atoms with van der Waals surface area (Å²) in [5.41, 5.74) is 1.99. The van der Waals surface area contributed by atoms with E-state index in [1.54, 1.807) is 19.2 Å². The number of nitrogens with zero attached hydrogens (tertiary/aromatic N) is 4. The molecule has 2 aromatic heterocycles. The summed E-state index contributed by atoms with van der Waals surface area (Å²) in [6, 6.07) is 4.95. The van der Waals surface area contributed by atoms with Gasteiger partial charge >= 0.3 is 6.18 Å². The molecule has 14 heteroatoms. The van der Waals surface area contributed by atoms with Gasteiger partial charge < -0.3 is 15.0 Å². The Morgan fingerprint density at radius 2 is 1.87 bits per heavy atom. The maximum Gasteiger partial charge on any atom is 0.413 e. The number of halogens is 4. The molecule has 1 N–H and O–H groups in total. The van der Waals surface area contributed by atoms with Gasteiger partial charge in [0.2, 0.25) is 5.91 Å². The highest BCUT2D eigenvalue weighted by atomic mass is 35.5. The highest BCUT2D eigenvalue weighted by Crippen LogP contribution is 2.39. The molecule has 0 aliphatic carbocycles. The molecule has 38 heavy (non-hydrogen) atoms. The molecular weight excluding hydrogens is 547 g/mol. The molecule has 2 atom stereocenters. The van der Waals surface area contributed by atoms with Crippen molar-refractivity contribution in [1.29, 1.82) is 0 Å². The Labute approximate surface area is 222 Å². The van der Waals surface area contributed by atoms with E-state index in [2.05, 4.69) is 15.4 Å². The van der Waals surface area contributed by atoms with E-state index in [1.165, 1.54) is 35.9 Å². The molecule has 1 amide bonds. The summed E-state index contributed by atoms with van der Waals surface area (Å²) in [5.74, 6) is -1.90. The highest BCUT2D eigenvalue weighted by Gasteiger charge is 2.46. The van der Waals surface area contributed by atoms with Gasteiger partial charge in [0.15, 0.2) is 16.8 Å². The summed E-state index contributed by atoms with van der Waals surface area (Å²) < 4.78 is 72.8. The summed E-state index contributed by atoms with van der Waals surface area (Å²) >= 11 is 6.03. The number of hydrogen-bond acceptors (Lipinski definition) is 7. The van der Waals surface area contributed by atoms with Gasteiger partial charge in [0.05, 0.1) is 35.2 Å². The number of alkyl halides is 3. The van der Waals surface area contributed by atoms with Crippen LogP contribution in [0.4, 0.5) is 24.5 Å². The standard InChI is InChI=1S/C24H27ClF3N5O4S/c1-14(37-3)21-18(13-29-20-12-19(25)31-33(20)21)30-17-6-4-15(5-7-17)22(24(26,27)28)32(2)23(34)16-8-10-38(35,36)11-9-16/h4-7,12-14,16,22,30H,8-11H2,1-3H3/t14-,22+/m0/s1. The van der Waals surface area contributed by atoms with Crippen LogP contribution in [0, 0.1) is 5.92 Å². The summed E-state index contributed by atoms with van der Waals surface area (Å²) in [6.45, 7) is 1.81. The highest BCUT2D eigenvalue weighted by molar-refractivity contribution is 7.91. The molecule has 0 bridgehead atoms. The number of rotatable bonds is 7. The first-order valence-corrected chi connectivity index (χ1v) is 14.0. The van der Waals surface area contributed by atoms with E-state index < -0.39 is 40.0 Å². The first kappa shape index (κ1) is 28.1. The Bertz CT molecular complexity index is 1420. The van der Waals surface area contributed by atoms with Crippen molar-refractivity contribution in [3.63, 3.8) is 0 Å². The minimum absolute atomic E-state index is 0.0149. The van der Waals surface area contributed by atoms with E-state index in [9.17, 15) is 26.4 Å². The fourth-order valence-corrected chi connectivity index (χ4v) is 6.28. The molecule has 3 aromatic rings. The van der Waals surface area contributed by atoms with Crippen molar-refractivity contribution in [2.45, 2.75) is 38.1 Å². The van der Waals surface area contributed by atoms with E-state index in [1.807, 2.05) is 0 Å². The predicted molar refractivity (Wildman–Crippen MR) is 136 cm³/mol. The smallest absolute Gasteiger partial charge is 0.375 e. The zero-order chi connectivity index (χ0) is 27.8. The minimum atomic E-state index is -4.74. The van der Waals surface area contributed by atoms with Crippen molar-refractivity contribution in [2.75, 3.05) is 31.0 Å². The van der Waals surface area contributed by atoms with Crippen LogP contribution in [0.15, 0.2) is 36.5 Å². The maximum atomic E-state index is 14.1. The molecule has 0 unspecified atom stereocenters. The first-order valence-electron chi connectivity index (χ1n) is 11.8. The number of anilines is 2. The zero-order valence-electron chi connectivity index (χ0n) is 20.9. The van der Waals surface area contributed by atoms with Crippen LogP contribution < -0.4 is 5.32 Å². The predicted octanol–water partition coefficient (Wildman–Crippen LogP) is 4.72. The van der Waals surface area contributed by atoms with Crippen LogP contribution in [-0.4, -0.2) is 65.7 Å². The number of carbonyl (C=O) groups excluding carboxylic acids is 1. The number of sulfone groups is 1. The van der Waals surface area contributed by atoms with Crippen molar-refractivity contribution in [3.8, 4) is 0 Å². The van der Waals surface area contributed by atoms with Gasteiger partial charge in [-0.15, -0.1) is 0 Å². The number of nitrogens with one attached hydrogen (secondary N) is 1. The molecule has 1 aliphatic rings.